The smallest absolute Gasteiger partial charge is 0.129 e. The van der Waals surface area contributed by atoms with E-state index in [0.29, 0.717) is 24.4 Å². The number of rotatable bonds is 6. The molecule has 0 atom stereocenters. The number of hydrogen-bond acceptors (Lipinski definition) is 2. The highest BCUT2D eigenvalue weighted by molar-refractivity contribution is 5.22. The van der Waals surface area contributed by atoms with Crippen molar-refractivity contribution in [1.82, 2.24) is 15.3 Å². The average Bonchev–Trinajstić information content (AvgIpc) is 2.81. The van der Waals surface area contributed by atoms with Crippen LogP contribution in [0.25, 0.3) is 0 Å². The number of benzene rings is 1. The van der Waals surface area contributed by atoms with Crippen LogP contribution in [0, 0.1) is 11.6 Å². The summed E-state index contributed by atoms with van der Waals surface area (Å²) in [6.45, 7) is 3.76. The van der Waals surface area contributed by atoms with Gasteiger partial charge in [-0.3, -0.25) is 0 Å². The van der Waals surface area contributed by atoms with Crippen LogP contribution in [-0.2, 0) is 13.0 Å². The Balaban J connectivity index is 1.99. The van der Waals surface area contributed by atoms with E-state index in [4.69, 9.17) is 0 Å². The molecule has 1 heterocycles. The quantitative estimate of drug-likeness (QED) is 0.788. The third-order valence-electron chi connectivity index (χ3n) is 2.80. The largest absolute Gasteiger partial charge is 0.345 e. The molecule has 0 aliphatic rings. The SMILES string of the molecule is CCCNCc1cnc(Cc2ccc(F)cc2F)[nH]1. The molecule has 19 heavy (non-hydrogen) atoms. The van der Waals surface area contributed by atoms with Gasteiger partial charge in [0.15, 0.2) is 0 Å². The minimum Gasteiger partial charge on any atom is -0.345 e. The van der Waals surface area contributed by atoms with E-state index < -0.39 is 11.6 Å². The van der Waals surface area contributed by atoms with Crippen molar-refractivity contribution >= 4 is 0 Å². The molecule has 0 fully saturated rings. The van der Waals surface area contributed by atoms with E-state index in [1.807, 2.05) is 0 Å². The third kappa shape index (κ3) is 3.86. The van der Waals surface area contributed by atoms with Gasteiger partial charge in [0.05, 0.1) is 0 Å². The maximum Gasteiger partial charge on any atom is 0.129 e. The van der Waals surface area contributed by atoms with Crippen LogP contribution in [0.3, 0.4) is 0 Å². The molecule has 0 bridgehead atoms. The molecule has 0 saturated carbocycles. The van der Waals surface area contributed by atoms with Crippen molar-refractivity contribution in [2.45, 2.75) is 26.3 Å². The van der Waals surface area contributed by atoms with Crippen LogP contribution in [0.15, 0.2) is 24.4 Å². The lowest BCUT2D eigenvalue weighted by Crippen LogP contribution is -2.13. The highest BCUT2D eigenvalue weighted by Crippen LogP contribution is 2.13. The number of imidazole rings is 1. The van der Waals surface area contributed by atoms with Crippen LogP contribution in [-0.4, -0.2) is 16.5 Å². The summed E-state index contributed by atoms with van der Waals surface area (Å²) in [7, 11) is 0. The van der Waals surface area contributed by atoms with Crippen LogP contribution in [0.1, 0.15) is 30.4 Å². The summed E-state index contributed by atoms with van der Waals surface area (Å²) < 4.78 is 26.3. The fraction of sp³-hybridized carbons (Fsp3) is 0.357. The van der Waals surface area contributed by atoms with Crippen molar-refractivity contribution < 1.29 is 8.78 Å². The number of aromatic amines is 1. The van der Waals surface area contributed by atoms with Gasteiger partial charge in [0.25, 0.3) is 0 Å². The van der Waals surface area contributed by atoms with Crippen molar-refractivity contribution in [2.75, 3.05) is 6.54 Å². The number of H-pyrrole nitrogens is 1. The average molecular weight is 265 g/mol. The van der Waals surface area contributed by atoms with Crippen molar-refractivity contribution in [1.29, 1.82) is 0 Å². The first-order chi connectivity index (χ1) is 9.19. The summed E-state index contributed by atoms with van der Waals surface area (Å²) in [5, 5.41) is 3.25. The fourth-order valence-electron chi connectivity index (χ4n) is 1.83. The molecule has 1 aromatic carbocycles. The van der Waals surface area contributed by atoms with Crippen molar-refractivity contribution in [3.63, 3.8) is 0 Å². The minimum absolute atomic E-state index is 0.333. The first kappa shape index (κ1) is 13.7. The first-order valence-corrected chi connectivity index (χ1v) is 6.36. The Kier molecular flexibility index (Phi) is 4.63. The molecule has 0 amide bonds. The van der Waals surface area contributed by atoms with Crippen LogP contribution in [0.2, 0.25) is 0 Å². The standard InChI is InChI=1S/C14H17F2N3/c1-2-5-17-8-12-9-18-14(19-12)6-10-3-4-11(15)7-13(10)16/h3-4,7,9,17H,2,5-6,8H2,1H3,(H,18,19). The molecule has 0 spiro atoms. The van der Waals surface area contributed by atoms with Crippen LogP contribution in [0.4, 0.5) is 8.78 Å². The second-order valence-electron chi connectivity index (χ2n) is 4.44. The monoisotopic (exact) mass is 265 g/mol. The van der Waals surface area contributed by atoms with Crippen LogP contribution in [0.5, 0.6) is 0 Å². The summed E-state index contributed by atoms with van der Waals surface area (Å²) in [6.07, 6.45) is 3.14. The van der Waals surface area contributed by atoms with Crippen LogP contribution < -0.4 is 5.32 Å². The molecule has 5 heteroatoms. The molecule has 2 aromatic rings. The lowest BCUT2D eigenvalue weighted by atomic mass is 10.1. The summed E-state index contributed by atoms with van der Waals surface area (Å²) in [5.41, 5.74) is 1.40. The van der Waals surface area contributed by atoms with Crippen molar-refractivity contribution in [3.05, 3.63) is 53.1 Å². The predicted molar refractivity (Wildman–Crippen MR) is 69.7 cm³/mol. The number of hydrogen-bond donors (Lipinski definition) is 2. The molecule has 0 radical (unpaired) electrons. The molecule has 0 unspecified atom stereocenters. The van der Waals surface area contributed by atoms with Gasteiger partial charge in [-0.15, -0.1) is 0 Å². The number of nitrogens with zero attached hydrogens (tertiary/aromatic N) is 1. The maximum atomic E-state index is 13.5. The number of aromatic nitrogens is 2. The molecule has 2 rings (SSSR count). The van der Waals surface area contributed by atoms with Gasteiger partial charge in [-0.1, -0.05) is 13.0 Å². The molecule has 0 aliphatic heterocycles. The summed E-state index contributed by atoms with van der Waals surface area (Å²) >= 11 is 0. The molecular formula is C14H17F2N3. The topological polar surface area (TPSA) is 40.7 Å². The Morgan fingerprint density at radius 3 is 2.89 bits per heavy atom. The van der Waals surface area contributed by atoms with Gasteiger partial charge in [0.2, 0.25) is 0 Å². The lowest BCUT2D eigenvalue weighted by Gasteiger charge is -2.01. The zero-order valence-electron chi connectivity index (χ0n) is 10.8. The highest BCUT2D eigenvalue weighted by atomic mass is 19.1. The lowest BCUT2D eigenvalue weighted by molar-refractivity contribution is 0.573. The third-order valence-corrected chi connectivity index (χ3v) is 2.80. The zero-order chi connectivity index (χ0) is 13.7. The Labute approximate surface area is 111 Å². The molecule has 2 N–H and O–H groups in total. The summed E-state index contributed by atoms with van der Waals surface area (Å²) in [4.78, 5) is 7.33. The normalized spacial score (nSPS) is 10.9. The number of halogens is 2. The molecule has 0 saturated heterocycles. The van der Waals surface area contributed by atoms with Crippen molar-refractivity contribution in [2.24, 2.45) is 0 Å². The Morgan fingerprint density at radius 2 is 2.16 bits per heavy atom. The van der Waals surface area contributed by atoms with E-state index in [0.717, 1.165) is 24.7 Å². The second kappa shape index (κ2) is 6.43. The minimum atomic E-state index is -0.565. The van der Waals surface area contributed by atoms with Gasteiger partial charge < -0.3 is 10.3 Å². The molecule has 3 nitrogen and oxygen atoms in total. The first-order valence-electron chi connectivity index (χ1n) is 6.36. The van der Waals surface area contributed by atoms with Crippen molar-refractivity contribution in [3.8, 4) is 0 Å². The molecule has 102 valence electrons. The Hall–Kier alpha value is -1.75. The van der Waals surface area contributed by atoms with Gasteiger partial charge in [-0.25, -0.2) is 13.8 Å². The number of nitrogens with one attached hydrogen (secondary N) is 2. The fourth-order valence-corrected chi connectivity index (χ4v) is 1.83. The van der Waals surface area contributed by atoms with Gasteiger partial charge in [0.1, 0.15) is 17.5 Å². The second-order valence-corrected chi connectivity index (χ2v) is 4.44. The van der Waals surface area contributed by atoms with E-state index in [2.05, 4.69) is 22.2 Å². The zero-order valence-corrected chi connectivity index (χ0v) is 10.8. The molecular weight excluding hydrogens is 248 g/mol. The Morgan fingerprint density at radius 1 is 1.32 bits per heavy atom. The van der Waals surface area contributed by atoms with Crippen LogP contribution >= 0.6 is 0 Å². The van der Waals surface area contributed by atoms with E-state index in [1.165, 1.54) is 12.1 Å². The van der Waals surface area contributed by atoms with E-state index >= 15 is 0 Å². The van der Waals surface area contributed by atoms with Gasteiger partial charge >= 0.3 is 0 Å². The predicted octanol–water partition coefficient (Wildman–Crippen LogP) is 2.78. The molecule has 1 aromatic heterocycles. The van der Waals surface area contributed by atoms with Gasteiger partial charge in [-0.2, -0.15) is 0 Å². The highest BCUT2D eigenvalue weighted by Gasteiger charge is 2.07. The van der Waals surface area contributed by atoms with E-state index in [-0.39, 0.29) is 0 Å². The van der Waals surface area contributed by atoms with E-state index in [1.54, 1.807) is 6.20 Å². The summed E-state index contributed by atoms with van der Waals surface area (Å²) in [5.74, 6) is -0.425. The van der Waals surface area contributed by atoms with Gasteiger partial charge in [0, 0.05) is 30.9 Å². The van der Waals surface area contributed by atoms with Gasteiger partial charge in [-0.05, 0) is 24.6 Å². The molecule has 0 aliphatic carbocycles. The van der Waals surface area contributed by atoms with E-state index in [9.17, 15) is 8.78 Å². The summed E-state index contributed by atoms with van der Waals surface area (Å²) in [6, 6.07) is 3.59. The maximum absolute atomic E-state index is 13.5. The Bertz CT molecular complexity index is 537.